The lowest BCUT2D eigenvalue weighted by Gasteiger charge is -2.19. The molecule has 3 aromatic rings. The molecule has 2 aromatic carbocycles. The van der Waals surface area contributed by atoms with Crippen LogP contribution in [0.5, 0.6) is 0 Å². The van der Waals surface area contributed by atoms with E-state index >= 15 is 0 Å². The number of pyridine rings is 1. The van der Waals surface area contributed by atoms with Gasteiger partial charge < -0.3 is 4.57 Å². The van der Waals surface area contributed by atoms with Crippen LogP contribution in [-0.2, 0) is 12.7 Å². The van der Waals surface area contributed by atoms with Crippen molar-refractivity contribution < 1.29 is 13.2 Å². The number of alkyl halides is 3. The van der Waals surface area contributed by atoms with E-state index in [0.717, 1.165) is 22.8 Å². The van der Waals surface area contributed by atoms with Gasteiger partial charge in [-0.15, -0.1) is 0 Å². The maximum absolute atomic E-state index is 13.5. The van der Waals surface area contributed by atoms with Crippen molar-refractivity contribution in [3.63, 3.8) is 0 Å². The highest BCUT2D eigenvalue weighted by Crippen LogP contribution is 2.37. The zero-order chi connectivity index (χ0) is 20.5. The Labute approximate surface area is 160 Å². The molecule has 28 heavy (non-hydrogen) atoms. The molecule has 0 atom stereocenters. The van der Waals surface area contributed by atoms with Gasteiger partial charge in [0.1, 0.15) is 0 Å². The summed E-state index contributed by atoms with van der Waals surface area (Å²) in [6.07, 6.45) is -4.79. The lowest BCUT2D eigenvalue weighted by Crippen LogP contribution is -2.25. The van der Waals surface area contributed by atoms with Gasteiger partial charge in [0.25, 0.3) is 11.2 Å². The van der Waals surface area contributed by atoms with Crippen LogP contribution in [0, 0.1) is 20.4 Å². The number of aryl methyl sites for hydroxylation is 2. The number of rotatable bonds is 3. The van der Waals surface area contributed by atoms with E-state index in [1.54, 1.807) is 30.3 Å². The van der Waals surface area contributed by atoms with E-state index in [1.165, 1.54) is 4.57 Å². The Morgan fingerprint density at radius 2 is 1.71 bits per heavy atom. The molecule has 142 valence electrons. The molecule has 1 aromatic heterocycles. The van der Waals surface area contributed by atoms with Crippen molar-refractivity contribution in [3.05, 3.63) is 98.6 Å². The number of aromatic nitrogens is 1. The molecule has 0 aliphatic rings. The van der Waals surface area contributed by atoms with Gasteiger partial charge in [-0.05, 0) is 36.6 Å². The van der Waals surface area contributed by atoms with Gasteiger partial charge in [0, 0.05) is 5.69 Å². The molecule has 0 bridgehead atoms. The summed E-state index contributed by atoms with van der Waals surface area (Å²) in [6, 6.07) is 15.0. The summed E-state index contributed by atoms with van der Waals surface area (Å²) in [7, 11) is 0. The van der Waals surface area contributed by atoms with Crippen LogP contribution in [0.3, 0.4) is 0 Å². The van der Waals surface area contributed by atoms with Gasteiger partial charge in [-0.25, -0.2) is 4.85 Å². The third-order valence-electron chi connectivity index (χ3n) is 4.59. The van der Waals surface area contributed by atoms with Crippen molar-refractivity contribution in [1.82, 2.24) is 4.57 Å². The van der Waals surface area contributed by atoms with Crippen molar-refractivity contribution in [3.8, 4) is 11.3 Å². The van der Waals surface area contributed by atoms with Crippen LogP contribution in [0.15, 0.2) is 59.4 Å². The fourth-order valence-electron chi connectivity index (χ4n) is 3.16. The van der Waals surface area contributed by atoms with Crippen LogP contribution >= 0.6 is 0 Å². The number of hydrogen-bond donors (Lipinski definition) is 0. The van der Waals surface area contributed by atoms with Crippen LogP contribution in [0.2, 0.25) is 0 Å². The van der Waals surface area contributed by atoms with Crippen molar-refractivity contribution in [2.75, 3.05) is 0 Å². The van der Waals surface area contributed by atoms with Crippen molar-refractivity contribution >= 4 is 5.69 Å². The van der Waals surface area contributed by atoms with E-state index in [1.807, 2.05) is 32.0 Å². The van der Waals surface area contributed by atoms with Crippen LogP contribution < -0.4 is 5.56 Å². The highest BCUT2D eigenvalue weighted by atomic mass is 19.4. The summed E-state index contributed by atoms with van der Waals surface area (Å²) in [5.41, 5.74) is 0.336. The zero-order valence-electron chi connectivity index (χ0n) is 15.3. The second-order valence-corrected chi connectivity index (χ2v) is 6.59. The average Bonchev–Trinajstić information content (AvgIpc) is 2.64. The van der Waals surface area contributed by atoms with E-state index in [2.05, 4.69) is 4.85 Å². The van der Waals surface area contributed by atoms with E-state index in [9.17, 15) is 18.0 Å². The molecular weight excluding hydrogens is 365 g/mol. The lowest BCUT2D eigenvalue weighted by molar-refractivity contribution is -0.136. The molecule has 0 saturated heterocycles. The minimum atomic E-state index is -4.79. The largest absolute Gasteiger partial charge is 0.407 e. The Kier molecular flexibility index (Phi) is 5.10. The molecule has 0 spiro atoms. The molecule has 0 radical (unpaired) electrons. The zero-order valence-corrected chi connectivity index (χ0v) is 15.3. The van der Waals surface area contributed by atoms with Gasteiger partial charge in [0.15, 0.2) is 0 Å². The van der Waals surface area contributed by atoms with E-state index in [0.29, 0.717) is 5.56 Å². The maximum Gasteiger partial charge on any atom is 0.407 e. The summed E-state index contributed by atoms with van der Waals surface area (Å²) in [6.45, 7) is 11.0. The standard InChI is InChI=1S/C22H17F3N2O/c1-14-9-10-17(15(2)11-14)13-27-19(16-7-5-4-6-8-16)12-18(22(23,24)25)20(26-3)21(27)28/h4-12H,13H2,1-2H3. The molecule has 1 heterocycles. The van der Waals surface area contributed by atoms with Gasteiger partial charge in [-0.2, -0.15) is 13.2 Å². The number of halogens is 3. The van der Waals surface area contributed by atoms with Gasteiger partial charge >= 0.3 is 6.18 Å². The smallest absolute Gasteiger partial charge is 0.313 e. The average molecular weight is 382 g/mol. The third kappa shape index (κ3) is 3.70. The molecule has 6 heteroatoms. The van der Waals surface area contributed by atoms with Gasteiger partial charge in [0.2, 0.25) is 0 Å². The van der Waals surface area contributed by atoms with Gasteiger partial charge in [0.05, 0.1) is 18.7 Å². The Balaban J connectivity index is 2.31. The third-order valence-corrected chi connectivity index (χ3v) is 4.59. The van der Waals surface area contributed by atoms with Crippen molar-refractivity contribution in [1.29, 1.82) is 0 Å². The van der Waals surface area contributed by atoms with Crippen LogP contribution in [0.25, 0.3) is 16.1 Å². The molecule has 3 nitrogen and oxygen atoms in total. The SMILES string of the molecule is [C-]#[N+]c1c(C(F)(F)F)cc(-c2ccccc2)n(Cc2ccc(C)cc2C)c1=O. The predicted octanol–water partition coefficient (Wildman–Crippen LogP) is 5.75. The molecule has 0 N–H and O–H groups in total. The van der Waals surface area contributed by atoms with Crippen molar-refractivity contribution in [2.24, 2.45) is 0 Å². The Morgan fingerprint density at radius 3 is 2.29 bits per heavy atom. The second-order valence-electron chi connectivity index (χ2n) is 6.59. The predicted molar refractivity (Wildman–Crippen MR) is 102 cm³/mol. The molecule has 0 unspecified atom stereocenters. The maximum atomic E-state index is 13.5. The van der Waals surface area contributed by atoms with E-state index < -0.39 is 23.0 Å². The highest BCUT2D eigenvalue weighted by molar-refractivity contribution is 5.66. The summed E-state index contributed by atoms with van der Waals surface area (Å²) >= 11 is 0. The fourth-order valence-corrected chi connectivity index (χ4v) is 3.16. The lowest BCUT2D eigenvalue weighted by atomic mass is 10.0. The molecule has 0 saturated carbocycles. The Morgan fingerprint density at radius 1 is 1.04 bits per heavy atom. The number of benzene rings is 2. The normalized spacial score (nSPS) is 11.3. The first-order chi connectivity index (χ1) is 13.2. The second kappa shape index (κ2) is 7.35. The summed E-state index contributed by atoms with van der Waals surface area (Å²) in [5.74, 6) is 0. The highest BCUT2D eigenvalue weighted by Gasteiger charge is 2.36. The minimum Gasteiger partial charge on any atom is -0.313 e. The fraction of sp³-hybridized carbons (Fsp3) is 0.182. The van der Waals surface area contributed by atoms with Gasteiger partial charge in [-0.1, -0.05) is 54.1 Å². The summed E-state index contributed by atoms with van der Waals surface area (Å²) < 4.78 is 41.7. The van der Waals surface area contributed by atoms with E-state index in [-0.39, 0.29) is 12.2 Å². The summed E-state index contributed by atoms with van der Waals surface area (Å²) in [4.78, 5) is 15.8. The molecule has 0 aliphatic heterocycles. The van der Waals surface area contributed by atoms with Crippen LogP contribution in [0.1, 0.15) is 22.3 Å². The van der Waals surface area contributed by atoms with Crippen molar-refractivity contribution in [2.45, 2.75) is 26.6 Å². The van der Waals surface area contributed by atoms with Gasteiger partial charge in [-0.3, -0.25) is 4.79 Å². The summed E-state index contributed by atoms with van der Waals surface area (Å²) in [5, 5.41) is 0. The first kappa shape index (κ1) is 19.4. The number of hydrogen-bond acceptors (Lipinski definition) is 1. The quantitative estimate of drug-likeness (QED) is 0.530. The minimum absolute atomic E-state index is 0.0792. The Hall–Kier alpha value is -3.33. The number of nitrogens with zero attached hydrogens (tertiary/aromatic N) is 2. The molecule has 0 fully saturated rings. The van der Waals surface area contributed by atoms with Crippen LogP contribution in [0.4, 0.5) is 18.9 Å². The molecule has 0 aliphatic carbocycles. The topological polar surface area (TPSA) is 26.4 Å². The molecule has 3 rings (SSSR count). The first-order valence-electron chi connectivity index (χ1n) is 8.56. The first-order valence-corrected chi connectivity index (χ1v) is 8.56. The molecular formula is C22H17F3N2O. The van der Waals surface area contributed by atoms with E-state index in [4.69, 9.17) is 6.57 Å². The van der Waals surface area contributed by atoms with Crippen LogP contribution in [-0.4, -0.2) is 4.57 Å². The monoisotopic (exact) mass is 382 g/mol. The Bertz CT molecular complexity index is 1120. The molecule has 0 amide bonds.